The van der Waals surface area contributed by atoms with E-state index in [9.17, 15) is 0 Å². The molecule has 5 heterocycles. The normalized spacial score (nSPS) is 12.9. The molecule has 0 amide bonds. The predicted molar refractivity (Wildman–Crippen MR) is 151 cm³/mol. The van der Waals surface area contributed by atoms with Gasteiger partial charge in [0.2, 0.25) is 0 Å². The Labute approximate surface area is 208 Å². The number of furan rings is 2. The molecule has 0 aliphatic rings. The molecule has 37 heavy (non-hydrogen) atoms. The fourth-order valence-electron chi connectivity index (χ4n) is 6.62. The van der Waals surface area contributed by atoms with Gasteiger partial charge in [0.15, 0.2) is 5.58 Å². The highest BCUT2D eigenvalue weighted by Crippen LogP contribution is 2.49. The molecule has 5 aromatic heterocycles. The van der Waals surface area contributed by atoms with Crippen LogP contribution in [0.4, 0.5) is 0 Å². The SMILES string of the molecule is c1ccc2nc3c(cc2c1)c1cccc2c4c5c6ccccc6oc5c5c6ccccc6oc5c4n3c12. The fourth-order valence-corrected chi connectivity index (χ4v) is 6.62. The lowest BCUT2D eigenvalue weighted by molar-refractivity contribution is 0.665. The van der Waals surface area contributed by atoms with E-state index in [1.54, 1.807) is 0 Å². The van der Waals surface area contributed by atoms with Crippen molar-refractivity contribution < 1.29 is 8.83 Å². The Kier molecular flexibility index (Phi) is 2.95. The fraction of sp³-hybridized carbons (Fsp3) is 0. The summed E-state index contributed by atoms with van der Waals surface area (Å²) >= 11 is 0. The Balaban J connectivity index is 1.63. The molecule has 0 saturated heterocycles. The number of aromatic nitrogens is 2. The number of hydrogen-bond donors (Lipinski definition) is 0. The molecule has 0 N–H and O–H groups in total. The van der Waals surface area contributed by atoms with E-state index in [4.69, 9.17) is 13.8 Å². The van der Waals surface area contributed by atoms with Gasteiger partial charge < -0.3 is 8.83 Å². The van der Waals surface area contributed by atoms with Gasteiger partial charge >= 0.3 is 0 Å². The Morgan fingerprint density at radius 2 is 1.19 bits per heavy atom. The van der Waals surface area contributed by atoms with Crippen molar-refractivity contribution >= 4 is 93.0 Å². The van der Waals surface area contributed by atoms with Crippen LogP contribution in [-0.4, -0.2) is 9.38 Å². The monoisotopic (exact) mass is 472 g/mol. The average Bonchev–Trinajstić information content (AvgIpc) is 3.68. The third-order valence-corrected chi connectivity index (χ3v) is 8.08. The molecule has 0 spiro atoms. The van der Waals surface area contributed by atoms with E-state index < -0.39 is 0 Å². The van der Waals surface area contributed by atoms with Crippen LogP contribution >= 0.6 is 0 Å². The minimum atomic E-state index is 0.840. The number of benzene rings is 5. The highest BCUT2D eigenvalue weighted by molar-refractivity contribution is 6.40. The van der Waals surface area contributed by atoms with E-state index in [0.717, 1.165) is 76.7 Å². The van der Waals surface area contributed by atoms with Crippen LogP contribution in [0.1, 0.15) is 0 Å². The van der Waals surface area contributed by atoms with Gasteiger partial charge in [0.05, 0.1) is 21.9 Å². The summed E-state index contributed by atoms with van der Waals surface area (Å²) < 4.78 is 15.6. The minimum Gasteiger partial charge on any atom is -0.455 e. The number of fused-ring (bicyclic) bond motifs is 16. The van der Waals surface area contributed by atoms with Gasteiger partial charge in [-0.1, -0.05) is 72.8 Å². The molecule has 0 aliphatic carbocycles. The molecule has 0 unspecified atom stereocenters. The average molecular weight is 473 g/mol. The summed E-state index contributed by atoms with van der Waals surface area (Å²) in [5.41, 5.74) is 7.63. The number of nitrogens with zero attached hydrogens (tertiary/aromatic N) is 2. The molecular formula is C33H16N2O2. The Morgan fingerprint density at radius 1 is 0.514 bits per heavy atom. The first-order valence-electron chi connectivity index (χ1n) is 12.5. The molecule has 170 valence electrons. The van der Waals surface area contributed by atoms with E-state index in [0.29, 0.717) is 0 Å². The number of hydrogen-bond acceptors (Lipinski definition) is 3. The van der Waals surface area contributed by atoms with Crippen LogP contribution in [0.2, 0.25) is 0 Å². The van der Waals surface area contributed by atoms with Gasteiger partial charge in [0.25, 0.3) is 0 Å². The van der Waals surface area contributed by atoms with Crippen LogP contribution in [0.25, 0.3) is 93.0 Å². The minimum absolute atomic E-state index is 0.840. The van der Waals surface area contributed by atoms with Crippen molar-refractivity contribution in [3.8, 4) is 0 Å². The quantitative estimate of drug-likeness (QED) is 0.221. The zero-order chi connectivity index (χ0) is 23.8. The lowest BCUT2D eigenvalue weighted by Gasteiger charge is -2.02. The highest BCUT2D eigenvalue weighted by atomic mass is 16.3. The molecule has 0 fully saturated rings. The van der Waals surface area contributed by atoms with Crippen LogP contribution in [0.15, 0.2) is 106 Å². The maximum Gasteiger partial charge on any atom is 0.163 e. The van der Waals surface area contributed by atoms with Gasteiger partial charge in [0, 0.05) is 43.1 Å². The van der Waals surface area contributed by atoms with Crippen molar-refractivity contribution in [1.82, 2.24) is 9.38 Å². The molecular weight excluding hydrogens is 456 g/mol. The van der Waals surface area contributed by atoms with Gasteiger partial charge in [0.1, 0.15) is 22.4 Å². The number of rotatable bonds is 0. The van der Waals surface area contributed by atoms with Crippen LogP contribution < -0.4 is 0 Å². The van der Waals surface area contributed by atoms with Gasteiger partial charge in [-0.3, -0.25) is 4.40 Å². The third kappa shape index (κ3) is 1.99. The summed E-state index contributed by atoms with van der Waals surface area (Å²) in [5, 5.41) is 10.2. The van der Waals surface area contributed by atoms with Gasteiger partial charge in [-0.25, -0.2) is 4.98 Å². The second kappa shape index (κ2) is 6.00. The van der Waals surface area contributed by atoms with Crippen molar-refractivity contribution in [3.63, 3.8) is 0 Å². The zero-order valence-corrected chi connectivity index (χ0v) is 19.4. The third-order valence-electron chi connectivity index (χ3n) is 8.08. The summed E-state index contributed by atoms with van der Waals surface area (Å²) in [5.74, 6) is 0. The molecule has 10 aromatic rings. The van der Waals surface area contributed by atoms with E-state index in [2.05, 4.69) is 77.2 Å². The van der Waals surface area contributed by atoms with E-state index >= 15 is 0 Å². The molecule has 0 saturated carbocycles. The molecule has 0 aliphatic heterocycles. The lowest BCUT2D eigenvalue weighted by Crippen LogP contribution is -1.87. The van der Waals surface area contributed by atoms with Gasteiger partial charge in [-0.15, -0.1) is 0 Å². The van der Waals surface area contributed by atoms with E-state index in [-0.39, 0.29) is 0 Å². The summed E-state index contributed by atoms with van der Waals surface area (Å²) in [6.45, 7) is 0. The molecule has 4 nitrogen and oxygen atoms in total. The largest absolute Gasteiger partial charge is 0.455 e. The first-order valence-corrected chi connectivity index (χ1v) is 12.5. The number of pyridine rings is 1. The lowest BCUT2D eigenvalue weighted by atomic mass is 10.0. The first-order chi connectivity index (χ1) is 18.4. The molecule has 0 radical (unpaired) electrons. The predicted octanol–water partition coefficient (Wildman–Crippen LogP) is 9.18. The van der Waals surface area contributed by atoms with Gasteiger partial charge in [-0.05, 0) is 24.3 Å². The van der Waals surface area contributed by atoms with Gasteiger partial charge in [-0.2, -0.15) is 0 Å². The molecule has 0 atom stereocenters. The van der Waals surface area contributed by atoms with Crippen LogP contribution in [0, 0.1) is 0 Å². The smallest absolute Gasteiger partial charge is 0.163 e. The van der Waals surface area contributed by atoms with Crippen molar-refractivity contribution in [2.75, 3.05) is 0 Å². The van der Waals surface area contributed by atoms with Crippen LogP contribution in [-0.2, 0) is 0 Å². The Bertz CT molecular complexity index is 2580. The highest BCUT2D eigenvalue weighted by Gasteiger charge is 2.27. The summed E-state index contributed by atoms with van der Waals surface area (Å²) in [6.07, 6.45) is 0. The zero-order valence-electron chi connectivity index (χ0n) is 19.4. The summed E-state index contributed by atoms with van der Waals surface area (Å²) in [4.78, 5) is 5.21. The molecule has 4 heteroatoms. The summed E-state index contributed by atoms with van der Waals surface area (Å²) in [6, 6.07) is 33.8. The second-order valence-electron chi connectivity index (χ2n) is 9.92. The van der Waals surface area contributed by atoms with Crippen molar-refractivity contribution in [2.24, 2.45) is 0 Å². The van der Waals surface area contributed by atoms with Crippen LogP contribution in [0.5, 0.6) is 0 Å². The maximum atomic E-state index is 6.66. The van der Waals surface area contributed by atoms with Crippen molar-refractivity contribution in [2.45, 2.75) is 0 Å². The molecule has 5 aromatic carbocycles. The maximum absolute atomic E-state index is 6.66. The standard InChI is InChI=1S/C33H16N2O2/c1-4-13-23-17(8-1)16-22-18-11-7-12-21-26-27-19-9-2-5-14-24(19)36-31(27)28-20-10-3-6-15-25(20)37-32(28)30(26)35(29(18)21)33(22)34-23/h1-16H. The van der Waals surface area contributed by atoms with Crippen LogP contribution in [0.3, 0.4) is 0 Å². The topological polar surface area (TPSA) is 43.6 Å². The van der Waals surface area contributed by atoms with Crippen molar-refractivity contribution in [1.29, 1.82) is 0 Å². The summed E-state index contributed by atoms with van der Waals surface area (Å²) in [7, 11) is 0. The Morgan fingerprint density at radius 3 is 2.05 bits per heavy atom. The molecule has 10 rings (SSSR count). The van der Waals surface area contributed by atoms with E-state index in [1.807, 2.05) is 24.3 Å². The Hall–Kier alpha value is -5.09. The van der Waals surface area contributed by atoms with Crippen molar-refractivity contribution in [3.05, 3.63) is 97.1 Å². The van der Waals surface area contributed by atoms with E-state index in [1.165, 1.54) is 16.3 Å². The first kappa shape index (κ1) is 18.2. The molecule has 0 bridgehead atoms. The second-order valence-corrected chi connectivity index (χ2v) is 9.92. The number of para-hydroxylation sites is 4.